The van der Waals surface area contributed by atoms with Crippen molar-refractivity contribution < 1.29 is 9.59 Å². The third-order valence-electron chi connectivity index (χ3n) is 11.2. The number of nitrogens with one attached hydrogen (secondary N) is 1. The van der Waals surface area contributed by atoms with Crippen LogP contribution < -0.4 is 5.32 Å². The number of nitrogens with zero attached hydrogens (tertiary/aromatic N) is 2. The molecule has 1 fully saturated rings. The standard InChI is InChI=1S/C42H79N3O2/c1-5-8-10-12-14-15-16-17-18-19-21-23-28-32-40(46)45(37(4)29-25-22-20-13-11-9-6-2)41(38-33-35-44(7-3)36-34-38)42(47)43-39-30-26-24-27-31-39/h30,37-38,41H,5-29,31-36H2,1-4H3,(H,43,47). The van der Waals surface area contributed by atoms with Gasteiger partial charge in [0.05, 0.1) is 0 Å². The van der Waals surface area contributed by atoms with Crippen molar-refractivity contribution in [2.45, 2.75) is 220 Å². The molecule has 1 aliphatic carbocycles. The summed E-state index contributed by atoms with van der Waals surface area (Å²) in [6, 6.07) is -0.258. The summed E-state index contributed by atoms with van der Waals surface area (Å²) in [5, 5.41) is 3.36. The molecule has 2 amide bonds. The highest BCUT2D eigenvalue weighted by Crippen LogP contribution is 2.29. The molecule has 2 rings (SSSR count). The predicted molar refractivity (Wildman–Crippen MR) is 203 cm³/mol. The van der Waals surface area contributed by atoms with Gasteiger partial charge < -0.3 is 15.1 Å². The Labute approximate surface area is 292 Å². The second-order valence-electron chi connectivity index (χ2n) is 15.2. The third kappa shape index (κ3) is 18.3. The number of allylic oxidation sites excluding steroid dienone is 2. The van der Waals surface area contributed by atoms with Gasteiger partial charge in [-0.2, -0.15) is 0 Å². The Morgan fingerprint density at radius 3 is 1.74 bits per heavy atom. The Bertz CT molecular complexity index is 819. The molecule has 2 aliphatic rings. The van der Waals surface area contributed by atoms with E-state index in [1.165, 1.54) is 116 Å². The molecular formula is C42H79N3O2. The molecule has 0 aromatic carbocycles. The van der Waals surface area contributed by atoms with Crippen LogP contribution in [0.25, 0.3) is 0 Å². The zero-order valence-electron chi connectivity index (χ0n) is 31.9. The molecule has 0 aromatic rings. The summed E-state index contributed by atoms with van der Waals surface area (Å²) in [4.78, 5) is 33.0. The van der Waals surface area contributed by atoms with Crippen LogP contribution in [0.15, 0.2) is 11.8 Å². The minimum absolute atomic E-state index is 0.0817. The topological polar surface area (TPSA) is 52.7 Å². The fraction of sp³-hybridized carbons (Fsp3) is 0.905. The summed E-state index contributed by atoms with van der Waals surface area (Å²) >= 11 is 0. The van der Waals surface area contributed by atoms with Crippen molar-refractivity contribution in [3.8, 4) is 0 Å². The smallest absolute Gasteiger partial charge is 0.247 e. The van der Waals surface area contributed by atoms with Gasteiger partial charge in [0.2, 0.25) is 11.8 Å². The molecule has 1 aliphatic heterocycles. The molecule has 0 bridgehead atoms. The first-order valence-corrected chi connectivity index (χ1v) is 21.0. The number of carbonyl (C=O) groups is 2. The molecule has 2 unspecified atom stereocenters. The third-order valence-corrected chi connectivity index (χ3v) is 11.2. The van der Waals surface area contributed by atoms with Gasteiger partial charge in [-0.15, -0.1) is 0 Å². The van der Waals surface area contributed by atoms with Gasteiger partial charge in [-0.1, -0.05) is 149 Å². The molecule has 1 N–H and O–H groups in total. The van der Waals surface area contributed by atoms with Crippen molar-refractivity contribution in [1.82, 2.24) is 15.1 Å². The summed E-state index contributed by atoms with van der Waals surface area (Å²) in [6.45, 7) is 12.1. The Hall–Kier alpha value is -1.36. The lowest BCUT2D eigenvalue weighted by Gasteiger charge is -2.43. The number of carbonyl (C=O) groups excluding carboxylic acids is 2. The largest absolute Gasteiger partial charge is 0.328 e. The van der Waals surface area contributed by atoms with E-state index >= 15 is 0 Å². The molecule has 0 aromatic heterocycles. The lowest BCUT2D eigenvalue weighted by Crippen LogP contribution is -2.57. The van der Waals surface area contributed by atoms with Crippen LogP contribution >= 0.6 is 0 Å². The van der Waals surface area contributed by atoms with E-state index in [0.29, 0.717) is 6.42 Å². The fourth-order valence-corrected chi connectivity index (χ4v) is 7.97. The van der Waals surface area contributed by atoms with E-state index in [1.807, 2.05) is 0 Å². The van der Waals surface area contributed by atoms with Crippen molar-refractivity contribution in [2.24, 2.45) is 5.92 Å². The minimum Gasteiger partial charge on any atom is -0.328 e. The molecule has 5 nitrogen and oxygen atoms in total. The Kier molecular flexibility index (Phi) is 24.4. The lowest BCUT2D eigenvalue weighted by atomic mass is 9.86. The molecule has 0 spiro atoms. The first-order chi connectivity index (χ1) is 23.0. The maximum Gasteiger partial charge on any atom is 0.247 e. The van der Waals surface area contributed by atoms with Gasteiger partial charge in [0.1, 0.15) is 6.04 Å². The number of likely N-dealkylation sites (tertiary alicyclic amines) is 1. The summed E-state index contributed by atoms with van der Waals surface area (Å²) in [5.74, 6) is 0.534. The maximum atomic E-state index is 14.2. The second-order valence-corrected chi connectivity index (χ2v) is 15.2. The second kappa shape index (κ2) is 27.5. The van der Waals surface area contributed by atoms with Crippen LogP contribution in [0.1, 0.15) is 207 Å². The summed E-state index contributed by atoms with van der Waals surface area (Å²) < 4.78 is 0. The highest BCUT2D eigenvalue weighted by molar-refractivity contribution is 5.89. The molecule has 1 saturated heterocycles. The van der Waals surface area contributed by atoms with Crippen LogP contribution in [0.4, 0.5) is 0 Å². The first-order valence-electron chi connectivity index (χ1n) is 21.0. The van der Waals surface area contributed by atoms with Crippen LogP contribution in [0.5, 0.6) is 0 Å². The number of unbranched alkanes of at least 4 members (excludes halogenated alkanes) is 18. The van der Waals surface area contributed by atoms with Gasteiger partial charge in [0, 0.05) is 18.2 Å². The van der Waals surface area contributed by atoms with Gasteiger partial charge in [0.15, 0.2) is 0 Å². The number of amides is 2. The van der Waals surface area contributed by atoms with Crippen molar-refractivity contribution in [2.75, 3.05) is 19.6 Å². The molecule has 5 heteroatoms. The summed E-state index contributed by atoms with van der Waals surface area (Å²) in [7, 11) is 0. The fourth-order valence-electron chi connectivity index (χ4n) is 7.97. The summed E-state index contributed by atoms with van der Waals surface area (Å²) in [5.41, 5.74) is 1.08. The Morgan fingerprint density at radius 1 is 0.745 bits per heavy atom. The van der Waals surface area contributed by atoms with Gasteiger partial charge >= 0.3 is 0 Å². The van der Waals surface area contributed by atoms with Crippen LogP contribution in [-0.2, 0) is 9.59 Å². The lowest BCUT2D eigenvalue weighted by molar-refractivity contribution is -0.146. The van der Waals surface area contributed by atoms with E-state index in [-0.39, 0.29) is 29.8 Å². The number of hydrogen-bond donors (Lipinski definition) is 1. The normalized spacial score (nSPS) is 17.3. The summed E-state index contributed by atoms with van der Waals surface area (Å²) in [6.07, 6.45) is 36.1. The molecular weight excluding hydrogens is 578 g/mol. The van der Waals surface area contributed by atoms with E-state index < -0.39 is 0 Å². The van der Waals surface area contributed by atoms with Crippen LogP contribution in [-0.4, -0.2) is 53.3 Å². The predicted octanol–water partition coefficient (Wildman–Crippen LogP) is 11.5. The van der Waals surface area contributed by atoms with Gasteiger partial charge in [0.25, 0.3) is 0 Å². The quantitative estimate of drug-likeness (QED) is 0.0852. The average molecular weight is 658 g/mol. The zero-order chi connectivity index (χ0) is 34.0. The Morgan fingerprint density at radius 2 is 1.26 bits per heavy atom. The van der Waals surface area contributed by atoms with E-state index in [2.05, 4.69) is 48.9 Å². The molecule has 1 heterocycles. The van der Waals surface area contributed by atoms with Gasteiger partial charge in [-0.05, 0) is 83.8 Å². The number of hydrogen-bond acceptors (Lipinski definition) is 3. The van der Waals surface area contributed by atoms with Crippen LogP contribution in [0, 0.1) is 5.92 Å². The first kappa shape index (κ1) is 41.8. The highest BCUT2D eigenvalue weighted by atomic mass is 16.2. The van der Waals surface area contributed by atoms with E-state index in [9.17, 15) is 9.59 Å². The molecule has 47 heavy (non-hydrogen) atoms. The monoisotopic (exact) mass is 658 g/mol. The van der Waals surface area contributed by atoms with Crippen LogP contribution in [0.3, 0.4) is 0 Å². The van der Waals surface area contributed by atoms with Gasteiger partial charge in [-0.3, -0.25) is 9.59 Å². The average Bonchev–Trinajstić information content (AvgIpc) is 3.09. The SMILES string of the molecule is CCCCCCCCCCCCCCCC(=O)N(C(C)CCCCCCCCC)C(C(=O)NC1=CCCCC1)C1CCN(CC)CC1. The van der Waals surface area contributed by atoms with Crippen LogP contribution in [0.2, 0.25) is 0 Å². The van der Waals surface area contributed by atoms with Crippen molar-refractivity contribution in [3.05, 3.63) is 11.8 Å². The molecule has 0 saturated carbocycles. The zero-order valence-corrected chi connectivity index (χ0v) is 31.9. The van der Waals surface area contributed by atoms with E-state index in [4.69, 9.17) is 0 Å². The van der Waals surface area contributed by atoms with Crippen molar-refractivity contribution >= 4 is 11.8 Å². The van der Waals surface area contributed by atoms with E-state index in [1.54, 1.807) is 0 Å². The molecule has 274 valence electrons. The highest BCUT2D eigenvalue weighted by Gasteiger charge is 2.40. The Balaban J connectivity index is 1.98. The molecule has 2 atom stereocenters. The van der Waals surface area contributed by atoms with Crippen molar-refractivity contribution in [1.29, 1.82) is 0 Å². The van der Waals surface area contributed by atoms with Gasteiger partial charge in [-0.25, -0.2) is 0 Å². The maximum absolute atomic E-state index is 14.2. The number of rotatable bonds is 28. The molecule has 0 radical (unpaired) electrons. The number of piperidine rings is 1. The van der Waals surface area contributed by atoms with Crippen molar-refractivity contribution in [3.63, 3.8) is 0 Å². The van der Waals surface area contributed by atoms with E-state index in [0.717, 1.165) is 83.1 Å². The minimum atomic E-state index is -0.356.